The molecule has 6 heteroatoms. The Bertz CT molecular complexity index is 1360. The van der Waals surface area contributed by atoms with E-state index >= 15 is 0 Å². The van der Waals surface area contributed by atoms with Crippen molar-refractivity contribution in [3.05, 3.63) is 81.3 Å². The number of hydrogen-bond acceptors (Lipinski definition) is 6. The summed E-state index contributed by atoms with van der Waals surface area (Å²) in [4.78, 5) is 50.8. The molecule has 4 rings (SSSR count). The molecule has 0 bridgehead atoms. The van der Waals surface area contributed by atoms with Crippen LogP contribution in [0.2, 0.25) is 0 Å². The highest BCUT2D eigenvalue weighted by Crippen LogP contribution is 2.34. The van der Waals surface area contributed by atoms with Crippen LogP contribution in [-0.2, 0) is 28.7 Å². The first-order valence-corrected chi connectivity index (χ1v) is 16.2. The number of unbranched alkanes of at least 4 members (excludes halogenated alkanes) is 5. The van der Waals surface area contributed by atoms with Crippen molar-refractivity contribution >= 4 is 34.7 Å². The molecule has 0 saturated heterocycles. The van der Waals surface area contributed by atoms with Gasteiger partial charge in [0.15, 0.2) is 11.6 Å². The average molecular weight is 599 g/mol. The summed E-state index contributed by atoms with van der Waals surface area (Å²) in [6.45, 7) is 8.01. The van der Waals surface area contributed by atoms with Gasteiger partial charge < -0.3 is 9.47 Å². The third-order valence-corrected chi connectivity index (χ3v) is 8.52. The number of aryl methyl sites for hydroxylation is 4. The van der Waals surface area contributed by atoms with E-state index in [1.54, 1.807) is 0 Å². The van der Waals surface area contributed by atoms with Crippen molar-refractivity contribution in [3.8, 4) is 0 Å². The number of hydrogen-bond donors (Lipinski definition) is 0. The minimum Gasteiger partial charge on any atom is -0.430 e. The number of Topliss-reactive ketones (excluding diaryl/α,β-unsaturated/α-hetero) is 2. The van der Waals surface area contributed by atoms with Gasteiger partial charge in [0.25, 0.3) is 0 Å². The molecule has 0 amide bonds. The summed E-state index contributed by atoms with van der Waals surface area (Å²) in [5.41, 5.74) is 7.13. The second-order valence-corrected chi connectivity index (χ2v) is 12.4. The van der Waals surface area contributed by atoms with Gasteiger partial charge in [0.05, 0.1) is 11.1 Å². The fourth-order valence-corrected chi connectivity index (χ4v) is 6.25. The van der Waals surface area contributed by atoms with Crippen LogP contribution >= 0.6 is 0 Å². The molecule has 6 nitrogen and oxygen atoms in total. The lowest BCUT2D eigenvalue weighted by atomic mass is 9.88. The predicted molar refractivity (Wildman–Crippen MR) is 173 cm³/mol. The van der Waals surface area contributed by atoms with Crippen LogP contribution in [-0.4, -0.2) is 23.5 Å². The molecule has 2 aliphatic carbocycles. The number of allylic oxidation sites excluding steroid dienone is 4. The molecule has 234 valence electrons. The number of benzene rings is 2. The number of rotatable bonds is 13. The lowest BCUT2D eigenvalue weighted by Gasteiger charge is -2.20. The Balaban J connectivity index is 1.17. The van der Waals surface area contributed by atoms with E-state index in [9.17, 15) is 19.2 Å². The van der Waals surface area contributed by atoms with E-state index in [0.717, 1.165) is 71.9 Å². The molecule has 0 saturated carbocycles. The number of carbonyl (C=O) groups excluding carboxylic acids is 4. The first kappa shape index (κ1) is 33.1. The van der Waals surface area contributed by atoms with E-state index in [4.69, 9.17) is 9.47 Å². The number of ether oxygens (including phenoxy) is 2. The lowest BCUT2D eigenvalue weighted by molar-refractivity contribution is -0.141. The summed E-state index contributed by atoms with van der Waals surface area (Å²) in [5.74, 6) is 0.547. The maximum absolute atomic E-state index is 12.8. The summed E-state index contributed by atoms with van der Waals surface area (Å²) in [7, 11) is 0. The Morgan fingerprint density at radius 1 is 0.568 bits per heavy atom. The number of esters is 2. The van der Waals surface area contributed by atoms with Crippen LogP contribution in [0.15, 0.2) is 47.9 Å². The topological polar surface area (TPSA) is 86.7 Å². The number of ketones is 2. The molecule has 2 aromatic carbocycles. The molecule has 0 radical (unpaired) electrons. The predicted octanol–water partition coefficient (Wildman–Crippen LogP) is 8.76. The first-order valence-electron chi connectivity index (χ1n) is 16.2. The molecule has 0 N–H and O–H groups in total. The van der Waals surface area contributed by atoms with Gasteiger partial charge in [-0.25, -0.2) is 0 Å². The maximum atomic E-state index is 12.8. The van der Waals surface area contributed by atoms with Crippen LogP contribution in [0.1, 0.15) is 123 Å². The van der Waals surface area contributed by atoms with Crippen LogP contribution in [0.3, 0.4) is 0 Å². The highest BCUT2D eigenvalue weighted by molar-refractivity contribution is 6.23. The van der Waals surface area contributed by atoms with Crippen LogP contribution in [0.5, 0.6) is 0 Å². The zero-order valence-corrected chi connectivity index (χ0v) is 26.8. The fraction of sp³-hybridized carbons (Fsp3) is 0.474. The Labute approximate surface area is 261 Å². The van der Waals surface area contributed by atoms with E-state index < -0.39 is 0 Å². The standard InChI is InChI=1S/C38H46O6/c1-25-19-21-29(27(3)23-25)37-31(39)13-11-15-33(37)43-35(41)17-9-7-5-6-8-10-18-36(42)44-34-16-12-14-32(40)38(34)30-22-20-26(2)24-28(30)4/h19-24H,5-18H2,1-4H3. The highest BCUT2D eigenvalue weighted by Gasteiger charge is 2.27. The van der Waals surface area contributed by atoms with Crippen molar-refractivity contribution in [1.29, 1.82) is 0 Å². The van der Waals surface area contributed by atoms with Crippen LogP contribution in [0.25, 0.3) is 11.1 Å². The second kappa shape index (κ2) is 15.8. The molecule has 0 fully saturated rings. The van der Waals surface area contributed by atoms with Gasteiger partial charge in [-0.05, 0) is 75.6 Å². The summed E-state index contributed by atoms with van der Waals surface area (Å²) in [6, 6.07) is 12.0. The molecule has 44 heavy (non-hydrogen) atoms. The van der Waals surface area contributed by atoms with E-state index in [2.05, 4.69) is 0 Å². The minimum absolute atomic E-state index is 0.0423. The van der Waals surface area contributed by atoms with Crippen molar-refractivity contribution < 1.29 is 28.7 Å². The van der Waals surface area contributed by atoms with Crippen LogP contribution < -0.4 is 0 Å². The zero-order valence-electron chi connectivity index (χ0n) is 26.8. The molecule has 0 atom stereocenters. The first-order chi connectivity index (χ1) is 21.1. The van der Waals surface area contributed by atoms with Crippen molar-refractivity contribution in [2.75, 3.05) is 0 Å². The van der Waals surface area contributed by atoms with Crippen molar-refractivity contribution in [2.45, 2.75) is 118 Å². The highest BCUT2D eigenvalue weighted by atomic mass is 16.5. The van der Waals surface area contributed by atoms with Crippen LogP contribution in [0, 0.1) is 27.7 Å². The van der Waals surface area contributed by atoms with E-state index in [0.29, 0.717) is 74.0 Å². The molecule has 0 spiro atoms. The summed E-state index contributed by atoms with van der Waals surface area (Å²) >= 11 is 0. The van der Waals surface area contributed by atoms with Crippen molar-refractivity contribution in [1.82, 2.24) is 0 Å². The van der Waals surface area contributed by atoms with Gasteiger partial charge in [0.2, 0.25) is 0 Å². The van der Waals surface area contributed by atoms with E-state index in [1.807, 2.05) is 64.1 Å². The van der Waals surface area contributed by atoms with Gasteiger partial charge in [0.1, 0.15) is 11.5 Å². The van der Waals surface area contributed by atoms with Gasteiger partial charge in [-0.1, -0.05) is 73.2 Å². The van der Waals surface area contributed by atoms with Gasteiger partial charge in [-0.3, -0.25) is 19.2 Å². The zero-order chi connectivity index (χ0) is 31.6. The molecule has 2 aliphatic rings. The Kier molecular flexibility index (Phi) is 11.9. The van der Waals surface area contributed by atoms with Gasteiger partial charge in [0, 0.05) is 38.5 Å². The normalized spacial score (nSPS) is 15.5. The van der Waals surface area contributed by atoms with Gasteiger partial charge in [-0.15, -0.1) is 0 Å². The monoisotopic (exact) mass is 598 g/mol. The maximum Gasteiger partial charge on any atom is 0.310 e. The largest absolute Gasteiger partial charge is 0.430 e. The van der Waals surface area contributed by atoms with Crippen molar-refractivity contribution in [2.24, 2.45) is 0 Å². The molecule has 0 heterocycles. The van der Waals surface area contributed by atoms with Crippen LogP contribution in [0.4, 0.5) is 0 Å². The quantitative estimate of drug-likeness (QED) is 0.169. The molecule has 2 aromatic rings. The Hall–Kier alpha value is -3.80. The molecule has 0 unspecified atom stereocenters. The number of carbonyl (C=O) groups is 4. The molecule has 0 aromatic heterocycles. The Morgan fingerprint density at radius 2 is 0.955 bits per heavy atom. The summed E-state index contributed by atoms with van der Waals surface area (Å²) in [6.07, 6.45) is 9.38. The fourth-order valence-electron chi connectivity index (χ4n) is 6.25. The van der Waals surface area contributed by atoms with E-state index in [1.165, 1.54) is 0 Å². The third kappa shape index (κ3) is 8.87. The molecule has 0 aliphatic heterocycles. The Morgan fingerprint density at radius 3 is 1.34 bits per heavy atom. The average Bonchev–Trinajstić information content (AvgIpc) is 2.96. The van der Waals surface area contributed by atoms with Gasteiger partial charge >= 0.3 is 11.9 Å². The molecular formula is C38H46O6. The summed E-state index contributed by atoms with van der Waals surface area (Å²) in [5, 5.41) is 0. The second-order valence-electron chi connectivity index (χ2n) is 12.4. The van der Waals surface area contributed by atoms with Crippen molar-refractivity contribution in [3.63, 3.8) is 0 Å². The summed E-state index contributed by atoms with van der Waals surface area (Å²) < 4.78 is 11.5. The van der Waals surface area contributed by atoms with Gasteiger partial charge in [-0.2, -0.15) is 0 Å². The van der Waals surface area contributed by atoms with E-state index in [-0.39, 0.29) is 23.5 Å². The lowest BCUT2D eigenvalue weighted by Crippen LogP contribution is -2.16. The minimum atomic E-state index is -0.282. The third-order valence-electron chi connectivity index (χ3n) is 8.52. The SMILES string of the molecule is Cc1ccc(C2=C(OC(=O)CCCCCCCCC(=O)OC3=C(c4ccc(C)cc4C)C(=O)CCC3)CCCC2=O)c(C)c1. The smallest absolute Gasteiger partial charge is 0.310 e. The molecular weight excluding hydrogens is 552 g/mol.